The highest BCUT2D eigenvalue weighted by atomic mass is 35.5. The van der Waals surface area contributed by atoms with Gasteiger partial charge in [0.25, 0.3) is 0 Å². The first-order valence-electron chi connectivity index (χ1n) is 6.72. The van der Waals surface area contributed by atoms with Gasteiger partial charge in [-0.25, -0.2) is 0 Å². The van der Waals surface area contributed by atoms with E-state index >= 15 is 0 Å². The van der Waals surface area contributed by atoms with Gasteiger partial charge in [0.1, 0.15) is 0 Å². The molecule has 2 rings (SSSR count). The van der Waals surface area contributed by atoms with E-state index in [-0.39, 0.29) is 18.3 Å². The molecule has 100 valence electrons. The summed E-state index contributed by atoms with van der Waals surface area (Å²) in [5, 5.41) is 3.13. The molecule has 1 amide bonds. The number of rotatable bonds is 3. The average molecular weight is 261 g/mol. The third-order valence-electron chi connectivity index (χ3n) is 4.41. The zero-order valence-electron chi connectivity index (χ0n) is 10.7. The summed E-state index contributed by atoms with van der Waals surface area (Å²) >= 11 is 0. The van der Waals surface area contributed by atoms with Crippen molar-refractivity contribution in [1.82, 2.24) is 5.32 Å². The number of carbonyl (C=O) groups is 1. The number of amides is 1. The Balaban J connectivity index is 0.00000144. The molecule has 0 bridgehead atoms. The quantitative estimate of drug-likeness (QED) is 0.819. The van der Waals surface area contributed by atoms with Crippen molar-refractivity contribution in [3.8, 4) is 0 Å². The second kappa shape index (κ2) is 6.05. The molecule has 0 saturated heterocycles. The second-order valence-electron chi connectivity index (χ2n) is 5.67. The summed E-state index contributed by atoms with van der Waals surface area (Å²) in [6, 6.07) is 0.300. The van der Waals surface area contributed by atoms with Gasteiger partial charge in [-0.2, -0.15) is 0 Å². The van der Waals surface area contributed by atoms with Crippen LogP contribution >= 0.6 is 12.4 Å². The van der Waals surface area contributed by atoms with E-state index in [0.29, 0.717) is 12.0 Å². The SMILES string of the molecule is CC(NC(=O)C1(N)CCC1)C1CCCCC1.Cl. The van der Waals surface area contributed by atoms with Gasteiger partial charge < -0.3 is 11.1 Å². The van der Waals surface area contributed by atoms with Gasteiger partial charge in [0.15, 0.2) is 0 Å². The molecule has 3 N–H and O–H groups in total. The molecular formula is C13H25ClN2O. The molecule has 0 spiro atoms. The van der Waals surface area contributed by atoms with Gasteiger partial charge in [0.05, 0.1) is 5.54 Å². The Morgan fingerprint density at radius 1 is 1.24 bits per heavy atom. The van der Waals surface area contributed by atoms with Gasteiger partial charge >= 0.3 is 0 Å². The van der Waals surface area contributed by atoms with Crippen LogP contribution in [0.2, 0.25) is 0 Å². The van der Waals surface area contributed by atoms with Gasteiger partial charge in [0, 0.05) is 6.04 Å². The maximum Gasteiger partial charge on any atom is 0.240 e. The Bertz CT molecular complexity index is 260. The van der Waals surface area contributed by atoms with E-state index in [0.717, 1.165) is 19.3 Å². The number of nitrogens with two attached hydrogens (primary N) is 1. The molecule has 2 saturated carbocycles. The molecule has 1 unspecified atom stereocenters. The van der Waals surface area contributed by atoms with Crippen molar-refractivity contribution in [2.24, 2.45) is 11.7 Å². The van der Waals surface area contributed by atoms with Crippen molar-refractivity contribution in [1.29, 1.82) is 0 Å². The lowest BCUT2D eigenvalue weighted by molar-refractivity contribution is -0.130. The van der Waals surface area contributed by atoms with Crippen molar-refractivity contribution in [2.45, 2.75) is 69.9 Å². The number of hydrogen-bond donors (Lipinski definition) is 2. The lowest BCUT2D eigenvalue weighted by atomic mass is 9.76. The normalized spacial score (nSPS) is 25.3. The Labute approximate surface area is 110 Å². The lowest BCUT2D eigenvalue weighted by Crippen LogP contribution is -2.60. The van der Waals surface area contributed by atoms with E-state index in [2.05, 4.69) is 12.2 Å². The van der Waals surface area contributed by atoms with Crippen LogP contribution in [0.1, 0.15) is 58.3 Å². The van der Waals surface area contributed by atoms with Crippen molar-refractivity contribution >= 4 is 18.3 Å². The molecule has 0 aromatic rings. The molecule has 17 heavy (non-hydrogen) atoms. The van der Waals surface area contributed by atoms with Crippen LogP contribution in [0, 0.1) is 5.92 Å². The van der Waals surface area contributed by atoms with Gasteiger partial charge in [0.2, 0.25) is 5.91 Å². The van der Waals surface area contributed by atoms with E-state index < -0.39 is 5.54 Å². The fraction of sp³-hybridized carbons (Fsp3) is 0.923. The van der Waals surface area contributed by atoms with Crippen LogP contribution in [0.4, 0.5) is 0 Å². The molecule has 2 fully saturated rings. The predicted octanol–water partition coefficient (Wildman–Crippen LogP) is 2.37. The first-order valence-corrected chi connectivity index (χ1v) is 6.72. The fourth-order valence-electron chi connectivity index (χ4n) is 2.89. The maximum absolute atomic E-state index is 12.0. The highest BCUT2D eigenvalue weighted by Gasteiger charge is 2.40. The first kappa shape index (κ1) is 14.8. The van der Waals surface area contributed by atoms with Gasteiger partial charge in [-0.3, -0.25) is 4.79 Å². The summed E-state index contributed by atoms with van der Waals surface area (Å²) in [4.78, 5) is 12.0. The zero-order valence-corrected chi connectivity index (χ0v) is 11.5. The predicted molar refractivity (Wildman–Crippen MR) is 72.2 cm³/mol. The molecular weight excluding hydrogens is 236 g/mol. The largest absolute Gasteiger partial charge is 0.352 e. The first-order chi connectivity index (χ1) is 7.62. The standard InChI is InChI=1S/C13H24N2O.ClH/c1-10(11-6-3-2-4-7-11)15-12(16)13(14)8-5-9-13;/h10-11H,2-9,14H2,1H3,(H,15,16);1H. The van der Waals surface area contributed by atoms with E-state index in [9.17, 15) is 4.79 Å². The number of carbonyl (C=O) groups excluding carboxylic acids is 1. The summed E-state index contributed by atoms with van der Waals surface area (Å²) in [6.45, 7) is 2.13. The summed E-state index contributed by atoms with van der Waals surface area (Å²) in [5.41, 5.74) is 5.47. The third-order valence-corrected chi connectivity index (χ3v) is 4.41. The molecule has 2 aliphatic carbocycles. The fourth-order valence-corrected chi connectivity index (χ4v) is 2.89. The van der Waals surface area contributed by atoms with E-state index in [1.807, 2.05) is 0 Å². The van der Waals surface area contributed by atoms with E-state index in [1.165, 1.54) is 32.1 Å². The minimum atomic E-state index is -0.539. The van der Waals surface area contributed by atoms with Crippen LogP contribution in [0.3, 0.4) is 0 Å². The molecule has 0 aromatic heterocycles. The Morgan fingerprint density at radius 3 is 2.29 bits per heavy atom. The van der Waals surface area contributed by atoms with E-state index in [1.54, 1.807) is 0 Å². The smallest absolute Gasteiger partial charge is 0.240 e. The minimum Gasteiger partial charge on any atom is -0.352 e. The summed E-state index contributed by atoms with van der Waals surface area (Å²) in [7, 11) is 0. The molecule has 0 radical (unpaired) electrons. The summed E-state index contributed by atoms with van der Waals surface area (Å²) < 4.78 is 0. The third kappa shape index (κ3) is 3.35. The lowest BCUT2D eigenvalue weighted by Gasteiger charge is -2.38. The molecule has 0 aromatic carbocycles. The van der Waals surface area contributed by atoms with Crippen LogP contribution in [0.5, 0.6) is 0 Å². The Hall–Kier alpha value is -0.280. The topological polar surface area (TPSA) is 55.1 Å². The summed E-state index contributed by atoms with van der Waals surface area (Å²) in [6.07, 6.45) is 9.33. The molecule has 1 atom stereocenters. The monoisotopic (exact) mass is 260 g/mol. The van der Waals surface area contributed by atoms with Gasteiger partial charge in [-0.05, 0) is 44.9 Å². The molecule has 2 aliphatic rings. The van der Waals surface area contributed by atoms with Gasteiger partial charge in [-0.1, -0.05) is 19.3 Å². The minimum absolute atomic E-state index is 0. The van der Waals surface area contributed by atoms with Crippen LogP contribution in [0.25, 0.3) is 0 Å². The average Bonchev–Trinajstić information content (AvgIpc) is 2.27. The van der Waals surface area contributed by atoms with Gasteiger partial charge in [-0.15, -0.1) is 12.4 Å². The van der Waals surface area contributed by atoms with Crippen LogP contribution in [0.15, 0.2) is 0 Å². The number of halogens is 1. The number of hydrogen-bond acceptors (Lipinski definition) is 2. The molecule has 4 heteroatoms. The molecule has 0 heterocycles. The maximum atomic E-state index is 12.0. The zero-order chi connectivity index (χ0) is 11.6. The highest BCUT2D eigenvalue weighted by molar-refractivity contribution is 5.87. The Morgan fingerprint density at radius 2 is 1.82 bits per heavy atom. The second-order valence-corrected chi connectivity index (χ2v) is 5.67. The van der Waals surface area contributed by atoms with Crippen LogP contribution in [-0.4, -0.2) is 17.5 Å². The van der Waals surface area contributed by atoms with Crippen molar-refractivity contribution in [2.75, 3.05) is 0 Å². The Kier molecular flexibility index (Phi) is 5.26. The van der Waals surface area contributed by atoms with Crippen molar-refractivity contribution < 1.29 is 4.79 Å². The van der Waals surface area contributed by atoms with Crippen molar-refractivity contribution in [3.63, 3.8) is 0 Å². The van der Waals surface area contributed by atoms with Crippen LogP contribution in [-0.2, 0) is 4.79 Å². The number of nitrogens with one attached hydrogen (secondary N) is 1. The van der Waals surface area contributed by atoms with E-state index in [4.69, 9.17) is 5.73 Å². The summed E-state index contributed by atoms with van der Waals surface area (Å²) in [5.74, 6) is 0.748. The van der Waals surface area contributed by atoms with Crippen LogP contribution < -0.4 is 11.1 Å². The van der Waals surface area contributed by atoms with Crippen molar-refractivity contribution in [3.05, 3.63) is 0 Å². The highest BCUT2D eigenvalue weighted by Crippen LogP contribution is 2.30. The molecule has 3 nitrogen and oxygen atoms in total. The molecule has 0 aliphatic heterocycles.